The molecule has 0 aliphatic carbocycles. The molecule has 0 spiro atoms. The number of ether oxygens (including phenoxy) is 1. The normalized spacial score (nSPS) is 13.4. The molecule has 0 unspecified atom stereocenters. The summed E-state index contributed by atoms with van der Waals surface area (Å²) in [7, 11) is 0. The zero-order chi connectivity index (χ0) is 19.2. The SMILES string of the molecule is O=C(CCC(=O)N1CCC(c2ccccc2)=N1)OCc1ccc(Cl)c(Cl)c1. The number of halogens is 2. The van der Waals surface area contributed by atoms with Gasteiger partial charge in [0.1, 0.15) is 6.61 Å². The molecule has 2 aromatic rings. The van der Waals surface area contributed by atoms with E-state index in [4.69, 9.17) is 27.9 Å². The molecule has 3 rings (SSSR count). The molecular formula is C20H18Cl2N2O3. The number of benzene rings is 2. The number of esters is 1. The van der Waals surface area contributed by atoms with Crippen LogP contribution < -0.4 is 0 Å². The molecule has 0 fully saturated rings. The summed E-state index contributed by atoms with van der Waals surface area (Å²) >= 11 is 11.8. The van der Waals surface area contributed by atoms with Crippen molar-refractivity contribution >= 4 is 40.8 Å². The summed E-state index contributed by atoms with van der Waals surface area (Å²) in [6.07, 6.45) is 0.774. The molecule has 7 heteroatoms. The van der Waals surface area contributed by atoms with E-state index in [1.165, 1.54) is 5.01 Å². The molecule has 0 aromatic heterocycles. The first kappa shape index (κ1) is 19.4. The molecule has 1 aliphatic rings. The van der Waals surface area contributed by atoms with Crippen LogP contribution in [0.3, 0.4) is 0 Å². The number of amides is 1. The Morgan fingerprint density at radius 3 is 2.56 bits per heavy atom. The van der Waals surface area contributed by atoms with Gasteiger partial charge in [0, 0.05) is 12.8 Å². The highest BCUT2D eigenvalue weighted by Crippen LogP contribution is 2.23. The molecule has 140 valence electrons. The third-order valence-corrected chi connectivity index (χ3v) is 4.86. The molecule has 0 saturated carbocycles. The molecule has 0 N–H and O–H groups in total. The van der Waals surface area contributed by atoms with Crippen LogP contribution >= 0.6 is 23.2 Å². The lowest BCUT2D eigenvalue weighted by molar-refractivity contribution is -0.147. The Hall–Kier alpha value is -2.37. The zero-order valence-electron chi connectivity index (χ0n) is 14.5. The van der Waals surface area contributed by atoms with Crippen molar-refractivity contribution in [3.8, 4) is 0 Å². The second-order valence-electron chi connectivity index (χ2n) is 6.09. The minimum Gasteiger partial charge on any atom is -0.461 e. The summed E-state index contributed by atoms with van der Waals surface area (Å²) in [4.78, 5) is 24.1. The number of nitrogens with zero attached hydrogens (tertiary/aromatic N) is 2. The van der Waals surface area contributed by atoms with Gasteiger partial charge in [0.15, 0.2) is 0 Å². The third-order valence-electron chi connectivity index (χ3n) is 4.12. The predicted octanol–water partition coefficient (Wildman–Crippen LogP) is 4.45. The third kappa shape index (κ3) is 5.31. The molecule has 1 aliphatic heterocycles. The van der Waals surface area contributed by atoms with Crippen LogP contribution in [0.2, 0.25) is 10.0 Å². The maximum absolute atomic E-state index is 12.3. The molecule has 0 atom stereocenters. The largest absolute Gasteiger partial charge is 0.461 e. The van der Waals surface area contributed by atoms with Gasteiger partial charge in [-0.3, -0.25) is 9.59 Å². The van der Waals surface area contributed by atoms with Crippen molar-refractivity contribution in [2.24, 2.45) is 5.10 Å². The fraction of sp³-hybridized carbons (Fsp3) is 0.250. The highest BCUT2D eigenvalue weighted by Gasteiger charge is 2.22. The first-order valence-electron chi connectivity index (χ1n) is 8.56. The van der Waals surface area contributed by atoms with Crippen molar-refractivity contribution in [2.75, 3.05) is 6.54 Å². The number of hydrogen-bond donors (Lipinski definition) is 0. The van der Waals surface area contributed by atoms with E-state index in [-0.39, 0.29) is 25.4 Å². The van der Waals surface area contributed by atoms with E-state index in [0.717, 1.165) is 16.8 Å². The topological polar surface area (TPSA) is 59.0 Å². The first-order chi connectivity index (χ1) is 13.0. The standard InChI is InChI=1S/C20H18Cl2N2O3/c21-16-7-6-14(12-17(16)22)13-27-20(26)9-8-19(25)24-11-10-18(23-24)15-4-2-1-3-5-15/h1-7,12H,8-11,13H2. The minimum absolute atomic E-state index is 0.00679. The van der Waals surface area contributed by atoms with Crippen molar-refractivity contribution in [3.63, 3.8) is 0 Å². The summed E-state index contributed by atoms with van der Waals surface area (Å²) in [5.41, 5.74) is 2.63. The molecule has 5 nitrogen and oxygen atoms in total. The van der Waals surface area contributed by atoms with Gasteiger partial charge in [0.25, 0.3) is 0 Å². The van der Waals surface area contributed by atoms with E-state index >= 15 is 0 Å². The number of hydrazone groups is 1. The first-order valence-corrected chi connectivity index (χ1v) is 9.31. The lowest BCUT2D eigenvalue weighted by Crippen LogP contribution is -2.24. The second kappa shape index (κ2) is 9.02. The van der Waals surface area contributed by atoms with Crippen LogP contribution in [0, 0.1) is 0 Å². The molecule has 2 aromatic carbocycles. The van der Waals surface area contributed by atoms with Crippen LogP contribution in [0.25, 0.3) is 0 Å². The fourth-order valence-corrected chi connectivity index (χ4v) is 2.99. The average molecular weight is 405 g/mol. The van der Waals surface area contributed by atoms with Crippen LogP contribution in [0.1, 0.15) is 30.4 Å². The van der Waals surface area contributed by atoms with Gasteiger partial charge in [-0.1, -0.05) is 59.6 Å². The number of carbonyl (C=O) groups excluding carboxylic acids is 2. The summed E-state index contributed by atoms with van der Waals surface area (Å²) in [5.74, 6) is -0.631. The number of carbonyl (C=O) groups is 2. The Labute approximate surface area is 167 Å². The Bertz CT molecular complexity index is 869. The van der Waals surface area contributed by atoms with E-state index in [2.05, 4.69) is 5.10 Å². The van der Waals surface area contributed by atoms with E-state index < -0.39 is 5.97 Å². The van der Waals surface area contributed by atoms with Crippen molar-refractivity contribution in [2.45, 2.75) is 25.9 Å². The fourth-order valence-electron chi connectivity index (χ4n) is 2.67. The molecule has 1 heterocycles. The molecular weight excluding hydrogens is 387 g/mol. The summed E-state index contributed by atoms with van der Waals surface area (Å²) in [5, 5.41) is 6.64. The molecule has 0 saturated heterocycles. The van der Waals surface area contributed by atoms with Gasteiger partial charge < -0.3 is 4.74 Å². The molecule has 1 amide bonds. The van der Waals surface area contributed by atoms with Crippen LogP contribution in [-0.4, -0.2) is 29.1 Å². The van der Waals surface area contributed by atoms with Gasteiger partial charge in [0.05, 0.1) is 28.7 Å². The van der Waals surface area contributed by atoms with Crippen molar-refractivity contribution in [1.29, 1.82) is 0 Å². The predicted molar refractivity (Wildman–Crippen MR) is 105 cm³/mol. The quantitative estimate of drug-likeness (QED) is 0.667. The molecule has 0 bridgehead atoms. The van der Waals surface area contributed by atoms with Crippen molar-refractivity contribution < 1.29 is 14.3 Å². The smallest absolute Gasteiger partial charge is 0.306 e. The van der Waals surface area contributed by atoms with Gasteiger partial charge >= 0.3 is 5.97 Å². The van der Waals surface area contributed by atoms with Crippen molar-refractivity contribution in [3.05, 3.63) is 69.7 Å². The highest BCUT2D eigenvalue weighted by molar-refractivity contribution is 6.42. The summed E-state index contributed by atoms with van der Waals surface area (Å²) < 4.78 is 5.18. The van der Waals surface area contributed by atoms with Gasteiger partial charge in [-0.05, 0) is 23.3 Å². The number of rotatable bonds is 6. The van der Waals surface area contributed by atoms with Crippen LogP contribution in [-0.2, 0) is 20.9 Å². The Morgan fingerprint density at radius 2 is 1.81 bits per heavy atom. The maximum atomic E-state index is 12.3. The van der Waals surface area contributed by atoms with Crippen LogP contribution in [0.15, 0.2) is 53.6 Å². The van der Waals surface area contributed by atoms with E-state index in [1.807, 2.05) is 30.3 Å². The Morgan fingerprint density at radius 1 is 1.04 bits per heavy atom. The highest BCUT2D eigenvalue weighted by atomic mass is 35.5. The zero-order valence-corrected chi connectivity index (χ0v) is 16.0. The van der Waals surface area contributed by atoms with E-state index in [0.29, 0.717) is 23.0 Å². The minimum atomic E-state index is -0.444. The van der Waals surface area contributed by atoms with Gasteiger partial charge in [-0.2, -0.15) is 5.10 Å². The van der Waals surface area contributed by atoms with E-state index in [9.17, 15) is 9.59 Å². The maximum Gasteiger partial charge on any atom is 0.306 e. The Kier molecular flexibility index (Phi) is 6.48. The van der Waals surface area contributed by atoms with Crippen molar-refractivity contribution in [1.82, 2.24) is 5.01 Å². The molecule has 27 heavy (non-hydrogen) atoms. The lowest BCUT2D eigenvalue weighted by atomic mass is 10.1. The monoisotopic (exact) mass is 404 g/mol. The average Bonchev–Trinajstić information content (AvgIpc) is 3.18. The second-order valence-corrected chi connectivity index (χ2v) is 6.90. The molecule has 0 radical (unpaired) electrons. The van der Waals surface area contributed by atoms with Gasteiger partial charge in [-0.15, -0.1) is 0 Å². The Balaban J connectivity index is 1.45. The van der Waals surface area contributed by atoms with Crippen LogP contribution in [0.5, 0.6) is 0 Å². The lowest BCUT2D eigenvalue weighted by Gasteiger charge is -2.11. The van der Waals surface area contributed by atoms with Gasteiger partial charge in [0.2, 0.25) is 5.91 Å². The van der Waals surface area contributed by atoms with Gasteiger partial charge in [-0.25, -0.2) is 5.01 Å². The summed E-state index contributed by atoms with van der Waals surface area (Å²) in [6, 6.07) is 14.8. The summed E-state index contributed by atoms with van der Waals surface area (Å²) in [6.45, 7) is 0.616. The number of hydrogen-bond acceptors (Lipinski definition) is 4. The van der Waals surface area contributed by atoms with Crippen LogP contribution in [0.4, 0.5) is 0 Å². The van der Waals surface area contributed by atoms with E-state index in [1.54, 1.807) is 18.2 Å².